The van der Waals surface area contributed by atoms with Crippen LogP contribution in [0.25, 0.3) is 0 Å². The maximum absolute atomic E-state index is 13.1. The Labute approximate surface area is 180 Å². The summed E-state index contributed by atoms with van der Waals surface area (Å²) >= 11 is 1.17. The van der Waals surface area contributed by atoms with Gasteiger partial charge in [0.05, 0.1) is 19.2 Å². The molecule has 1 aliphatic rings. The van der Waals surface area contributed by atoms with E-state index < -0.39 is 10.0 Å². The predicted molar refractivity (Wildman–Crippen MR) is 113 cm³/mol. The first-order valence-corrected chi connectivity index (χ1v) is 12.1. The average molecular weight is 446 g/mol. The van der Waals surface area contributed by atoms with E-state index in [1.165, 1.54) is 15.6 Å². The normalized spacial score (nSPS) is 14.8. The van der Waals surface area contributed by atoms with Crippen LogP contribution in [-0.4, -0.2) is 41.6 Å². The van der Waals surface area contributed by atoms with E-state index >= 15 is 0 Å². The standard InChI is InChI=1S/C21H23N3O4S2/c25-20(13-19-7-8-21(29-19)30(26,27)24-10-1-2-11-24)23(16-18-6-4-12-28-18)15-17-5-3-9-22-14-17/h3-9,12,14H,1-2,10-11,13,15-16H2. The Morgan fingerprint density at radius 3 is 2.67 bits per heavy atom. The Hall–Kier alpha value is -2.49. The molecule has 9 heteroatoms. The van der Waals surface area contributed by atoms with Gasteiger partial charge in [-0.25, -0.2) is 8.42 Å². The predicted octanol–water partition coefficient (Wildman–Crippen LogP) is 3.29. The first-order valence-electron chi connectivity index (χ1n) is 9.80. The molecule has 1 amide bonds. The van der Waals surface area contributed by atoms with Crippen LogP contribution < -0.4 is 0 Å². The number of amides is 1. The third-order valence-electron chi connectivity index (χ3n) is 5.00. The van der Waals surface area contributed by atoms with Crippen LogP contribution in [0.2, 0.25) is 0 Å². The zero-order valence-corrected chi connectivity index (χ0v) is 18.1. The zero-order valence-electron chi connectivity index (χ0n) is 16.4. The van der Waals surface area contributed by atoms with Crippen molar-refractivity contribution in [2.75, 3.05) is 13.1 Å². The van der Waals surface area contributed by atoms with Gasteiger partial charge in [0.1, 0.15) is 9.97 Å². The SMILES string of the molecule is O=C(Cc1ccc(S(=O)(=O)N2CCCC2)s1)N(Cc1cccnc1)Cc1ccco1. The second kappa shape index (κ2) is 9.11. The van der Waals surface area contributed by atoms with Crippen molar-refractivity contribution in [2.24, 2.45) is 0 Å². The number of furan rings is 1. The first kappa shape index (κ1) is 20.8. The third-order valence-corrected chi connectivity index (χ3v) is 8.45. The van der Waals surface area contributed by atoms with Crippen molar-refractivity contribution in [3.05, 3.63) is 71.3 Å². The van der Waals surface area contributed by atoms with E-state index in [4.69, 9.17) is 4.42 Å². The molecule has 7 nitrogen and oxygen atoms in total. The van der Waals surface area contributed by atoms with Crippen LogP contribution in [0.15, 0.2) is 63.7 Å². The molecule has 158 valence electrons. The molecule has 0 saturated carbocycles. The van der Waals surface area contributed by atoms with Gasteiger partial charge in [-0.05, 0) is 48.7 Å². The molecule has 1 saturated heterocycles. The minimum absolute atomic E-state index is 0.0952. The summed E-state index contributed by atoms with van der Waals surface area (Å²) in [5.41, 5.74) is 0.917. The fourth-order valence-corrected chi connectivity index (χ4v) is 6.46. The van der Waals surface area contributed by atoms with Crippen LogP contribution >= 0.6 is 11.3 Å². The van der Waals surface area contributed by atoms with Crippen LogP contribution in [0, 0.1) is 0 Å². The summed E-state index contributed by atoms with van der Waals surface area (Å²) in [5, 5.41) is 0. The van der Waals surface area contributed by atoms with Crippen molar-refractivity contribution in [1.82, 2.24) is 14.2 Å². The van der Waals surface area contributed by atoms with Crippen molar-refractivity contribution in [2.45, 2.75) is 36.6 Å². The minimum atomic E-state index is -3.46. The quantitative estimate of drug-likeness (QED) is 0.531. The highest BCUT2D eigenvalue weighted by atomic mass is 32.2. The van der Waals surface area contributed by atoms with E-state index in [2.05, 4.69) is 4.98 Å². The minimum Gasteiger partial charge on any atom is -0.467 e. The first-order chi connectivity index (χ1) is 14.5. The highest BCUT2D eigenvalue weighted by Crippen LogP contribution is 2.28. The number of aromatic nitrogens is 1. The lowest BCUT2D eigenvalue weighted by atomic mass is 10.2. The van der Waals surface area contributed by atoms with Crippen molar-refractivity contribution < 1.29 is 17.6 Å². The topological polar surface area (TPSA) is 83.7 Å². The molecule has 1 fully saturated rings. The number of sulfonamides is 1. The molecule has 0 bridgehead atoms. The van der Waals surface area contributed by atoms with E-state index in [0.717, 1.165) is 23.3 Å². The maximum atomic E-state index is 13.1. The number of nitrogens with zero attached hydrogens (tertiary/aromatic N) is 3. The van der Waals surface area contributed by atoms with Crippen molar-refractivity contribution >= 4 is 27.3 Å². The molecule has 4 heterocycles. The molecule has 1 aliphatic heterocycles. The zero-order chi connectivity index (χ0) is 21.0. The van der Waals surface area contributed by atoms with Gasteiger partial charge >= 0.3 is 0 Å². The van der Waals surface area contributed by atoms with Crippen molar-refractivity contribution in [1.29, 1.82) is 0 Å². The van der Waals surface area contributed by atoms with Crippen LogP contribution in [0.3, 0.4) is 0 Å². The summed E-state index contributed by atoms with van der Waals surface area (Å²) in [4.78, 5) is 19.6. The van der Waals surface area contributed by atoms with Gasteiger partial charge in [-0.3, -0.25) is 9.78 Å². The van der Waals surface area contributed by atoms with Crippen LogP contribution in [0.5, 0.6) is 0 Å². The van der Waals surface area contributed by atoms with Gasteiger partial charge < -0.3 is 9.32 Å². The van der Waals surface area contributed by atoms with Gasteiger partial charge in [0.15, 0.2) is 0 Å². The largest absolute Gasteiger partial charge is 0.467 e. The molecule has 0 aromatic carbocycles. The second-order valence-corrected chi connectivity index (χ2v) is 10.5. The number of hydrogen-bond acceptors (Lipinski definition) is 6. The number of thiophene rings is 1. The summed E-state index contributed by atoms with van der Waals surface area (Å²) in [6.07, 6.45) is 6.93. The monoisotopic (exact) mass is 445 g/mol. The summed E-state index contributed by atoms with van der Waals surface area (Å²) in [7, 11) is -3.46. The summed E-state index contributed by atoms with van der Waals surface area (Å²) in [6.45, 7) is 1.87. The van der Waals surface area contributed by atoms with Crippen LogP contribution in [-0.2, 0) is 34.3 Å². The van der Waals surface area contributed by atoms with E-state index in [9.17, 15) is 13.2 Å². The van der Waals surface area contributed by atoms with Gasteiger partial charge in [0.2, 0.25) is 5.91 Å². The Morgan fingerprint density at radius 1 is 1.13 bits per heavy atom. The molecule has 30 heavy (non-hydrogen) atoms. The molecule has 3 aromatic rings. The van der Waals surface area contributed by atoms with Crippen molar-refractivity contribution in [3.63, 3.8) is 0 Å². The molecule has 0 spiro atoms. The second-order valence-electron chi connectivity index (χ2n) is 7.20. The lowest BCUT2D eigenvalue weighted by molar-refractivity contribution is -0.131. The maximum Gasteiger partial charge on any atom is 0.252 e. The summed E-state index contributed by atoms with van der Waals surface area (Å²) < 4.78 is 32.7. The molecule has 0 N–H and O–H groups in total. The number of hydrogen-bond donors (Lipinski definition) is 0. The number of rotatable bonds is 8. The number of carbonyl (C=O) groups excluding carboxylic acids is 1. The van der Waals surface area contributed by atoms with Gasteiger partial charge in [0, 0.05) is 36.9 Å². The van der Waals surface area contributed by atoms with Gasteiger partial charge in [-0.1, -0.05) is 6.07 Å². The molecule has 0 aliphatic carbocycles. The van der Waals surface area contributed by atoms with E-state index in [1.807, 2.05) is 18.2 Å². The molecular formula is C21H23N3O4S2. The Kier molecular flexibility index (Phi) is 6.31. The van der Waals surface area contributed by atoms with Crippen LogP contribution in [0.1, 0.15) is 29.0 Å². The molecular weight excluding hydrogens is 422 g/mol. The highest BCUT2D eigenvalue weighted by molar-refractivity contribution is 7.91. The van der Waals surface area contributed by atoms with Crippen LogP contribution in [0.4, 0.5) is 0 Å². The summed E-state index contributed by atoms with van der Waals surface area (Å²) in [6, 6.07) is 10.7. The summed E-state index contributed by atoms with van der Waals surface area (Å²) in [5.74, 6) is 0.595. The number of pyridine rings is 1. The van der Waals surface area contributed by atoms with E-state index in [-0.39, 0.29) is 12.3 Å². The van der Waals surface area contributed by atoms with E-state index in [1.54, 1.807) is 41.8 Å². The molecule has 0 radical (unpaired) electrons. The molecule has 0 unspecified atom stereocenters. The Bertz CT molecular complexity index is 1070. The Balaban J connectivity index is 1.48. The lowest BCUT2D eigenvalue weighted by Crippen LogP contribution is -2.31. The lowest BCUT2D eigenvalue weighted by Gasteiger charge is -2.21. The molecule has 4 rings (SSSR count). The highest BCUT2D eigenvalue weighted by Gasteiger charge is 2.29. The fourth-order valence-electron chi connectivity index (χ4n) is 3.44. The van der Waals surface area contributed by atoms with Gasteiger partial charge in [0.25, 0.3) is 10.0 Å². The van der Waals surface area contributed by atoms with E-state index in [0.29, 0.717) is 36.1 Å². The van der Waals surface area contributed by atoms with Gasteiger partial charge in [-0.15, -0.1) is 11.3 Å². The Morgan fingerprint density at radius 2 is 1.97 bits per heavy atom. The molecule has 3 aromatic heterocycles. The fraction of sp³-hybridized carbons (Fsp3) is 0.333. The van der Waals surface area contributed by atoms with Crippen molar-refractivity contribution in [3.8, 4) is 0 Å². The third kappa shape index (κ3) is 4.80. The molecule has 0 atom stereocenters. The smallest absolute Gasteiger partial charge is 0.252 e. The average Bonchev–Trinajstić information content (AvgIpc) is 3.51. The number of carbonyl (C=O) groups is 1. The van der Waals surface area contributed by atoms with Gasteiger partial charge in [-0.2, -0.15) is 4.31 Å².